The minimum atomic E-state index is -3.31. The van der Waals surface area contributed by atoms with Gasteiger partial charge < -0.3 is 85.2 Å². The molecule has 0 radical (unpaired) electrons. The number of amides is 2. The molecule has 0 saturated heterocycles. The van der Waals surface area contributed by atoms with Crippen LogP contribution in [-0.4, -0.2) is 186 Å². The Kier molecular flexibility index (Phi) is 15.8. The van der Waals surface area contributed by atoms with E-state index in [0.29, 0.717) is 23.3 Å². The van der Waals surface area contributed by atoms with E-state index in [4.69, 9.17) is 39.2 Å². The van der Waals surface area contributed by atoms with Crippen molar-refractivity contribution in [3.8, 4) is 17.2 Å². The summed E-state index contributed by atoms with van der Waals surface area (Å²) >= 11 is 0. The summed E-state index contributed by atoms with van der Waals surface area (Å²) in [5.41, 5.74) is 4.03. The molecule has 2 saturated carbocycles. The van der Waals surface area contributed by atoms with Crippen LogP contribution in [0.1, 0.15) is 80.4 Å². The smallest absolute Gasteiger partial charge is 0.379 e. The second kappa shape index (κ2) is 23.3. The number of aromatic hydroxyl groups is 2. The molecule has 5 aromatic rings. The van der Waals surface area contributed by atoms with Crippen LogP contribution in [0.15, 0.2) is 130 Å². The minimum absolute atomic E-state index is 0.175. The fraction of sp³-hybridized carbons (Fsp3) is 0.313. The molecule has 2 heterocycles. The molecule has 29 nitrogen and oxygen atoms in total. The van der Waals surface area contributed by atoms with Gasteiger partial charge in [0.05, 0.1) is 47.3 Å². The van der Waals surface area contributed by atoms with E-state index in [-0.39, 0.29) is 44.9 Å². The maximum atomic E-state index is 14.5. The van der Waals surface area contributed by atoms with Gasteiger partial charge in [0, 0.05) is 41.2 Å². The van der Waals surface area contributed by atoms with Crippen molar-refractivity contribution >= 4 is 81.2 Å². The highest BCUT2D eigenvalue weighted by Gasteiger charge is 2.71. The number of ketones is 4. The van der Waals surface area contributed by atoms with Crippen LogP contribution in [0.5, 0.6) is 17.2 Å². The highest BCUT2D eigenvalue weighted by Crippen LogP contribution is 2.58. The van der Waals surface area contributed by atoms with Crippen molar-refractivity contribution in [1.29, 1.82) is 0 Å². The summed E-state index contributed by atoms with van der Waals surface area (Å²) in [5.74, 6) is -27.4. The molecule has 3 aromatic carbocycles. The first-order chi connectivity index (χ1) is 45.3. The third-order valence-corrected chi connectivity index (χ3v) is 18.9. The number of phenolic OH excluding ortho intramolecular Hbond substituents is 2. The van der Waals surface area contributed by atoms with Gasteiger partial charge in [-0.15, -0.1) is 0 Å². The lowest BCUT2D eigenvalue weighted by Crippen LogP contribution is -2.71. The molecular formula is C67H58N4O25. The number of carbonyl (C=O) groups excluding carboxylic acids is 8. The van der Waals surface area contributed by atoms with Crippen molar-refractivity contribution in [1.82, 2.24) is 9.80 Å². The molecule has 13 unspecified atom stereocenters. The van der Waals surface area contributed by atoms with Crippen LogP contribution in [0.3, 0.4) is 0 Å². The summed E-state index contributed by atoms with van der Waals surface area (Å²) < 4.78 is 34.4. The van der Waals surface area contributed by atoms with Gasteiger partial charge in [-0.1, -0.05) is 49.9 Å². The number of esters is 2. The van der Waals surface area contributed by atoms with Crippen LogP contribution in [0, 0.1) is 23.7 Å². The van der Waals surface area contributed by atoms with Gasteiger partial charge in [0.1, 0.15) is 87.3 Å². The number of nitrogens with two attached hydrogens (primary N) is 2. The number of phenols is 2. The van der Waals surface area contributed by atoms with Crippen molar-refractivity contribution in [3.63, 3.8) is 0 Å². The molecule has 0 bridgehead atoms. The first kappa shape index (κ1) is 65.2. The molecule has 7 aliphatic carbocycles. The number of aliphatic hydroxyl groups excluding tert-OH is 5. The number of carbonyl (C=O) groups is 8. The van der Waals surface area contributed by atoms with Gasteiger partial charge in [-0.25, -0.2) is 9.59 Å². The number of Topliss-reactive ketones (excluding diaryl/α,β-unsaturated/α-hetero) is 4. The van der Waals surface area contributed by atoms with Gasteiger partial charge >= 0.3 is 11.9 Å². The zero-order valence-corrected chi connectivity index (χ0v) is 51.3. The Morgan fingerprint density at radius 3 is 1.53 bits per heavy atom. The lowest BCUT2D eigenvalue weighted by Gasteiger charge is -2.53. The molecule has 13 N–H and O–H groups in total. The van der Waals surface area contributed by atoms with Crippen LogP contribution in [-0.2, 0) is 43.0 Å². The van der Waals surface area contributed by atoms with Gasteiger partial charge in [-0.2, -0.15) is 0 Å². The Balaban J connectivity index is 0.749. The van der Waals surface area contributed by atoms with E-state index in [1.807, 2.05) is 0 Å². The molecule has 0 aliphatic heterocycles. The molecule has 0 spiro atoms. The summed E-state index contributed by atoms with van der Waals surface area (Å²) in [7, 11) is 5.40. The van der Waals surface area contributed by atoms with Gasteiger partial charge in [-0.05, 0) is 81.2 Å². The van der Waals surface area contributed by atoms with Crippen molar-refractivity contribution in [2.45, 2.75) is 67.3 Å². The summed E-state index contributed by atoms with van der Waals surface area (Å²) in [6, 6.07) is 10.3. The standard InChI is InChI=1S/C67H58N4O25/c1-23-26-11-7-13-28(73)40(26)52(77)44-38(23)54(79)48-50(70(3)4)56(46(62(68)85)60(83)66(48,89)58(44)81)95-64(87)36-19-30(75)42-32(15-9-17-34(42)93-36)91-21-25(72)22-92-33-16-10-18-35-43(33)31(76)20-37(94-35)65(88)96-57-47(63(69)86)61(84)67(90)49(51(57)71(5)6)55(80)39-24(2)27-12-8-14-29(74)41(27)53(78)45(39)59(67)82/h7-9,11-15,17-20,23-25,38-39,48-51,54-55,72-74,77-80,89-90H,21-22H2,1-6H3,(H2,68,85)(H2,69,86). The molecule has 12 rings (SSSR count). The fourth-order valence-corrected chi connectivity index (χ4v) is 14.7. The van der Waals surface area contributed by atoms with Crippen LogP contribution in [0.2, 0.25) is 0 Å². The molecule has 2 amide bonds. The number of hydrogen-bond acceptors (Lipinski definition) is 27. The molecule has 29 heteroatoms. The predicted octanol–water partition coefficient (Wildman–Crippen LogP) is 0.541. The first-order valence-corrected chi connectivity index (χ1v) is 29.6. The molecule has 7 aliphatic rings. The summed E-state index contributed by atoms with van der Waals surface area (Å²) in [6.45, 7) is 1.88. The number of rotatable bonds is 14. The Morgan fingerprint density at radius 2 is 1.06 bits per heavy atom. The monoisotopic (exact) mass is 1320 g/mol. The molecule has 96 heavy (non-hydrogen) atoms. The topological polar surface area (TPSA) is 474 Å². The number of benzene rings is 3. The lowest BCUT2D eigenvalue weighted by molar-refractivity contribution is -0.176. The SMILES string of the molecule is CC1c2cccc(O)c2C(O)=C2C(=O)C3(O)C(=O)C(C(N)=O)=C(OC(=O)c4cc(=O)c5c(o4)C=C=C=C5OCC(O)COc4cccc5oc(C(=O)OC6=C(C(N)=O)C(=O)C7(O)C(=O)C8=C(O)c9c(O)cccc9C(C)C8C(O)C7C6N(C)C)cc(=O)c45)C(N(C)C)C3C(O)C21. The number of fused-ring (bicyclic) bond motifs is 8. The number of primary amides is 2. The quantitative estimate of drug-likeness (QED) is 0.0313. The van der Waals surface area contributed by atoms with Gasteiger partial charge in [0.15, 0.2) is 33.6 Å². The highest BCUT2D eigenvalue weighted by molar-refractivity contribution is 6.34. The van der Waals surface area contributed by atoms with Crippen molar-refractivity contribution in [3.05, 3.63) is 178 Å². The van der Waals surface area contributed by atoms with Gasteiger partial charge in [0.2, 0.25) is 34.7 Å². The number of ether oxygens (including phenoxy) is 4. The number of likely N-dealkylation sites (N-methyl/N-ethyl adjacent to an activating group) is 2. The van der Waals surface area contributed by atoms with Crippen molar-refractivity contribution in [2.75, 3.05) is 41.4 Å². The van der Waals surface area contributed by atoms with Gasteiger partial charge in [-0.3, -0.25) is 48.2 Å². The van der Waals surface area contributed by atoms with E-state index in [9.17, 15) is 93.9 Å². The third-order valence-electron chi connectivity index (χ3n) is 18.9. The van der Waals surface area contributed by atoms with Crippen LogP contribution >= 0.6 is 0 Å². The van der Waals surface area contributed by atoms with E-state index in [0.717, 1.165) is 6.08 Å². The van der Waals surface area contributed by atoms with Crippen LogP contribution in [0.25, 0.3) is 34.3 Å². The van der Waals surface area contributed by atoms with Crippen LogP contribution in [0.4, 0.5) is 0 Å². The van der Waals surface area contributed by atoms with Crippen LogP contribution < -0.4 is 27.1 Å². The Morgan fingerprint density at radius 1 is 0.615 bits per heavy atom. The summed E-state index contributed by atoms with van der Waals surface area (Å²) in [4.78, 5) is 143. The van der Waals surface area contributed by atoms with Crippen molar-refractivity contribution in [2.24, 2.45) is 35.1 Å². The predicted molar refractivity (Wildman–Crippen MR) is 326 cm³/mol. The fourth-order valence-electron chi connectivity index (χ4n) is 14.7. The minimum Gasteiger partial charge on any atom is -0.507 e. The maximum Gasteiger partial charge on any atom is 0.379 e. The normalized spacial score (nSPS) is 27.5. The molecular weight excluding hydrogens is 1260 g/mol. The molecule has 2 fully saturated rings. The van der Waals surface area contributed by atoms with E-state index >= 15 is 0 Å². The average molecular weight is 1320 g/mol. The average Bonchev–Trinajstić information content (AvgIpc) is 0.693. The summed E-state index contributed by atoms with van der Waals surface area (Å²) in [5, 5.41) is 104. The van der Waals surface area contributed by atoms with Gasteiger partial charge in [0.25, 0.3) is 11.8 Å². The second-order valence-electron chi connectivity index (χ2n) is 24.7. The molecule has 2 aromatic heterocycles. The zero-order chi connectivity index (χ0) is 69.5. The Hall–Kier alpha value is -10.8. The van der Waals surface area contributed by atoms with Crippen molar-refractivity contribution < 1.29 is 112 Å². The largest absolute Gasteiger partial charge is 0.507 e. The Bertz CT molecular complexity index is 4780. The van der Waals surface area contributed by atoms with E-state index in [1.165, 1.54) is 92.6 Å². The second-order valence-corrected chi connectivity index (χ2v) is 24.7. The van der Waals surface area contributed by atoms with E-state index in [2.05, 4.69) is 11.5 Å². The lowest BCUT2D eigenvalue weighted by atomic mass is 9.54. The highest BCUT2D eigenvalue weighted by atomic mass is 16.6. The number of aliphatic hydroxyl groups is 7. The zero-order valence-electron chi connectivity index (χ0n) is 51.3. The third kappa shape index (κ3) is 9.49. The number of hydrogen-bond donors (Lipinski definition) is 11. The molecule has 13 atom stereocenters. The Labute approximate surface area is 539 Å². The first-order valence-electron chi connectivity index (χ1n) is 29.6. The summed E-state index contributed by atoms with van der Waals surface area (Å²) in [6.07, 6.45) is -4.31. The van der Waals surface area contributed by atoms with E-state index in [1.54, 1.807) is 13.8 Å². The maximum absolute atomic E-state index is 14.5. The van der Waals surface area contributed by atoms with E-state index < -0.39 is 216 Å². The number of nitrogens with zero attached hydrogens (tertiary/aromatic N) is 2. The molecule has 496 valence electrons.